The van der Waals surface area contributed by atoms with Crippen molar-refractivity contribution in [2.45, 2.75) is 23.1 Å². The minimum Gasteiger partial charge on any atom is -0.480 e. The van der Waals surface area contributed by atoms with E-state index in [0.29, 0.717) is 12.8 Å². The summed E-state index contributed by atoms with van der Waals surface area (Å²) in [4.78, 5) is 10.9. The first kappa shape index (κ1) is 11.6. The van der Waals surface area contributed by atoms with Crippen LogP contribution in [0.25, 0.3) is 0 Å². The molecule has 2 rings (SSSR count). The van der Waals surface area contributed by atoms with Crippen LogP contribution in [0.15, 0.2) is 21.7 Å². The fourth-order valence-electron chi connectivity index (χ4n) is 1.80. The zero-order valence-electron chi connectivity index (χ0n) is 8.37. The molecule has 1 aliphatic rings. The van der Waals surface area contributed by atoms with Crippen LogP contribution in [0.1, 0.15) is 12.8 Å². The SMILES string of the molecule is O=C(O)[C@@H]1CCCN1S(=O)(=O)c1cccs1. The number of carboxylic acid groups (broad SMARTS) is 1. The second-order valence-electron chi connectivity index (χ2n) is 3.54. The van der Waals surface area contributed by atoms with Gasteiger partial charge in [0.25, 0.3) is 10.0 Å². The highest BCUT2D eigenvalue weighted by atomic mass is 32.2. The molecule has 0 aromatic carbocycles. The number of hydrogen-bond acceptors (Lipinski definition) is 4. The van der Waals surface area contributed by atoms with Crippen LogP contribution in [-0.4, -0.2) is 36.4 Å². The van der Waals surface area contributed by atoms with Crippen molar-refractivity contribution in [2.24, 2.45) is 0 Å². The molecule has 1 aliphatic heterocycles. The molecule has 2 heterocycles. The molecule has 1 fully saturated rings. The van der Waals surface area contributed by atoms with E-state index in [1.807, 2.05) is 0 Å². The number of sulfonamides is 1. The van der Waals surface area contributed by atoms with Gasteiger partial charge in [-0.25, -0.2) is 8.42 Å². The number of carboxylic acids is 1. The number of nitrogens with zero attached hydrogens (tertiary/aromatic N) is 1. The fraction of sp³-hybridized carbons (Fsp3) is 0.444. The van der Waals surface area contributed by atoms with Crippen molar-refractivity contribution in [3.8, 4) is 0 Å². The van der Waals surface area contributed by atoms with Crippen LogP contribution >= 0.6 is 11.3 Å². The van der Waals surface area contributed by atoms with Gasteiger partial charge in [0.15, 0.2) is 0 Å². The molecule has 1 N–H and O–H groups in total. The lowest BCUT2D eigenvalue weighted by atomic mass is 10.2. The smallest absolute Gasteiger partial charge is 0.322 e. The Bertz CT molecular complexity index is 480. The van der Waals surface area contributed by atoms with Crippen LogP contribution in [-0.2, 0) is 14.8 Å². The van der Waals surface area contributed by atoms with E-state index in [1.165, 1.54) is 6.07 Å². The summed E-state index contributed by atoms with van der Waals surface area (Å²) in [7, 11) is -3.62. The highest BCUT2D eigenvalue weighted by Gasteiger charge is 2.39. The Morgan fingerprint density at radius 3 is 2.88 bits per heavy atom. The molecule has 1 atom stereocenters. The maximum atomic E-state index is 12.1. The molecule has 88 valence electrons. The monoisotopic (exact) mass is 261 g/mol. The normalized spacial score (nSPS) is 22.4. The Morgan fingerprint density at radius 2 is 2.31 bits per heavy atom. The summed E-state index contributed by atoms with van der Waals surface area (Å²) in [5, 5.41) is 10.6. The predicted molar refractivity (Wildman–Crippen MR) is 58.9 cm³/mol. The molecular weight excluding hydrogens is 250 g/mol. The second kappa shape index (κ2) is 4.15. The van der Waals surface area contributed by atoms with Crippen molar-refractivity contribution in [2.75, 3.05) is 6.54 Å². The van der Waals surface area contributed by atoms with Gasteiger partial charge in [0.2, 0.25) is 0 Å². The average Bonchev–Trinajstić information content (AvgIpc) is 2.89. The number of carbonyl (C=O) groups is 1. The lowest BCUT2D eigenvalue weighted by Gasteiger charge is -2.19. The van der Waals surface area contributed by atoms with Crippen molar-refractivity contribution in [1.82, 2.24) is 4.31 Å². The van der Waals surface area contributed by atoms with Crippen molar-refractivity contribution in [3.63, 3.8) is 0 Å². The summed E-state index contributed by atoms with van der Waals surface area (Å²) >= 11 is 1.11. The van der Waals surface area contributed by atoms with Gasteiger partial charge in [0, 0.05) is 6.54 Å². The topological polar surface area (TPSA) is 74.7 Å². The van der Waals surface area contributed by atoms with E-state index in [-0.39, 0.29) is 10.8 Å². The summed E-state index contributed by atoms with van der Waals surface area (Å²) in [6, 6.07) is 2.23. The highest BCUT2D eigenvalue weighted by molar-refractivity contribution is 7.91. The first-order chi connectivity index (χ1) is 7.53. The van der Waals surface area contributed by atoms with Crippen LogP contribution in [0.2, 0.25) is 0 Å². The third kappa shape index (κ3) is 1.85. The maximum Gasteiger partial charge on any atom is 0.322 e. The molecule has 16 heavy (non-hydrogen) atoms. The van der Waals surface area contributed by atoms with Gasteiger partial charge in [-0.05, 0) is 24.3 Å². The predicted octanol–water partition coefficient (Wildman–Crippen LogP) is 0.986. The maximum absolute atomic E-state index is 12.1. The molecule has 0 amide bonds. The van der Waals surface area contributed by atoms with Crippen LogP contribution in [0, 0.1) is 0 Å². The molecular formula is C9H11NO4S2. The van der Waals surface area contributed by atoms with E-state index >= 15 is 0 Å². The Labute approximate surface area is 97.4 Å². The van der Waals surface area contributed by atoms with Gasteiger partial charge in [-0.1, -0.05) is 6.07 Å². The summed E-state index contributed by atoms with van der Waals surface area (Å²) in [6.45, 7) is 0.289. The summed E-state index contributed by atoms with van der Waals surface area (Å²) < 4.78 is 25.5. The Hall–Kier alpha value is -0.920. The number of rotatable bonds is 3. The first-order valence-electron chi connectivity index (χ1n) is 4.81. The van der Waals surface area contributed by atoms with Gasteiger partial charge >= 0.3 is 5.97 Å². The number of hydrogen-bond donors (Lipinski definition) is 1. The molecule has 0 spiro atoms. The minimum atomic E-state index is -3.62. The van der Waals surface area contributed by atoms with Crippen LogP contribution < -0.4 is 0 Å². The van der Waals surface area contributed by atoms with Gasteiger partial charge < -0.3 is 5.11 Å². The van der Waals surface area contributed by atoms with Crippen LogP contribution in [0.3, 0.4) is 0 Å². The van der Waals surface area contributed by atoms with Crippen molar-refractivity contribution in [1.29, 1.82) is 0 Å². The van der Waals surface area contributed by atoms with Gasteiger partial charge in [-0.2, -0.15) is 4.31 Å². The third-order valence-electron chi connectivity index (χ3n) is 2.55. The van der Waals surface area contributed by atoms with Crippen molar-refractivity contribution < 1.29 is 18.3 Å². The van der Waals surface area contributed by atoms with Gasteiger partial charge in [0.1, 0.15) is 10.3 Å². The van der Waals surface area contributed by atoms with Crippen molar-refractivity contribution >= 4 is 27.3 Å². The summed E-state index contributed by atoms with van der Waals surface area (Å²) in [6.07, 6.45) is 0.988. The lowest BCUT2D eigenvalue weighted by molar-refractivity contribution is -0.140. The van der Waals surface area contributed by atoms with Gasteiger partial charge in [-0.3, -0.25) is 4.79 Å². The van der Waals surface area contributed by atoms with Gasteiger partial charge in [-0.15, -0.1) is 11.3 Å². The molecule has 0 unspecified atom stereocenters. The van der Waals surface area contributed by atoms with E-state index in [0.717, 1.165) is 15.6 Å². The first-order valence-corrected chi connectivity index (χ1v) is 7.13. The standard InChI is InChI=1S/C9H11NO4S2/c11-9(12)7-3-1-5-10(7)16(13,14)8-4-2-6-15-8/h2,4,6-7H,1,3,5H2,(H,11,12)/t7-/m0/s1. The molecule has 1 saturated heterocycles. The van der Waals surface area contributed by atoms with E-state index < -0.39 is 22.0 Å². The van der Waals surface area contributed by atoms with E-state index in [1.54, 1.807) is 11.4 Å². The quantitative estimate of drug-likeness (QED) is 0.880. The van der Waals surface area contributed by atoms with Crippen LogP contribution in [0.5, 0.6) is 0 Å². The number of thiophene rings is 1. The second-order valence-corrected chi connectivity index (χ2v) is 6.61. The van der Waals surface area contributed by atoms with Crippen LogP contribution in [0.4, 0.5) is 0 Å². The molecule has 0 aliphatic carbocycles. The molecule has 5 nitrogen and oxygen atoms in total. The van der Waals surface area contributed by atoms with Crippen molar-refractivity contribution in [3.05, 3.63) is 17.5 Å². The van der Waals surface area contributed by atoms with E-state index in [4.69, 9.17) is 5.11 Å². The zero-order chi connectivity index (χ0) is 11.8. The molecule has 1 aromatic rings. The Morgan fingerprint density at radius 1 is 1.56 bits per heavy atom. The Kier molecular flexibility index (Phi) is 3.00. The van der Waals surface area contributed by atoms with E-state index in [9.17, 15) is 13.2 Å². The minimum absolute atomic E-state index is 0.209. The van der Waals surface area contributed by atoms with Gasteiger partial charge in [0.05, 0.1) is 0 Å². The molecule has 7 heteroatoms. The molecule has 0 radical (unpaired) electrons. The highest BCUT2D eigenvalue weighted by Crippen LogP contribution is 2.28. The molecule has 1 aromatic heterocycles. The third-order valence-corrected chi connectivity index (χ3v) is 5.83. The average molecular weight is 261 g/mol. The largest absolute Gasteiger partial charge is 0.480 e. The molecule has 0 bridgehead atoms. The number of aliphatic carboxylic acids is 1. The lowest BCUT2D eigenvalue weighted by Crippen LogP contribution is -2.40. The Balaban J connectivity index is 2.34. The molecule has 0 saturated carbocycles. The summed E-state index contributed by atoms with van der Waals surface area (Å²) in [5.41, 5.74) is 0. The zero-order valence-corrected chi connectivity index (χ0v) is 10.00. The fourth-order valence-corrected chi connectivity index (χ4v) is 4.57. The summed E-state index contributed by atoms with van der Waals surface area (Å²) in [5.74, 6) is -1.07. The van der Waals surface area contributed by atoms with E-state index in [2.05, 4.69) is 0 Å².